The predicted molar refractivity (Wildman–Crippen MR) is 84.5 cm³/mol. The Balaban J connectivity index is 1.82. The van der Waals surface area contributed by atoms with Crippen molar-refractivity contribution < 1.29 is 0 Å². The van der Waals surface area contributed by atoms with E-state index in [9.17, 15) is 0 Å². The Labute approximate surface area is 122 Å². The minimum absolute atomic E-state index is 0.417. The van der Waals surface area contributed by atoms with Crippen LogP contribution in [0.3, 0.4) is 0 Å². The summed E-state index contributed by atoms with van der Waals surface area (Å²) in [6, 6.07) is 11.1. The van der Waals surface area contributed by atoms with Crippen molar-refractivity contribution in [2.45, 2.75) is 39.5 Å². The van der Waals surface area contributed by atoms with E-state index in [1.165, 1.54) is 18.4 Å². The van der Waals surface area contributed by atoms with Gasteiger partial charge in [0.2, 0.25) is 0 Å². The van der Waals surface area contributed by atoms with Crippen molar-refractivity contribution in [3.63, 3.8) is 0 Å². The van der Waals surface area contributed by atoms with Gasteiger partial charge in [0, 0.05) is 5.92 Å². The van der Waals surface area contributed by atoms with Gasteiger partial charge in [-0.05, 0) is 41.1 Å². The summed E-state index contributed by atoms with van der Waals surface area (Å²) in [5, 5.41) is 0. The number of hydrogen-bond acceptors (Lipinski definition) is 0. The Morgan fingerprint density at radius 2 is 1.80 bits per heavy atom. The first kappa shape index (κ1) is 12.4. The molecule has 0 aliphatic heterocycles. The molecule has 0 radical (unpaired) electrons. The second-order valence-corrected chi connectivity index (χ2v) is 7.67. The minimum Gasteiger partial charge on any atom is -0.0764 e. The topological polar surface area (TPSA) is 0 Å². The Morgan fingerprint density at radius 3 is 2.55 bits per heavy atom. The van der Waals surface area contributed by atoms with Crippen molar-refractivity contribution in [2.75, 3.05) is 0 Å². The van der Waals surface area contributed by atoms with E-state index in [1.54, 1.807) is 5.57 Å². The number of hydrogen-bond donors (Lipinski definition) is 0. The fraction of sp³-hybridized carbons (Fsp3) is 0.500. The lowest BCUT2D eigenvalue weighted by Gasteiger charge is -2.37. The molecule has 2 unspecified atom stereocenters. The number of fused-ring (bicyclic) bond motifs is 5. The Hall–Kier alpha value is -1.30. The van der Waals surface area contributed by atoms with Gasteiger partial charge in [0.05, 0.1) is 0 Å². The molecule has 1 aromatic rings. The third-order valence-corrected chi connectivity index (χ3v) is 6.90. The van der Waals surface area contributed by atoms with Crippen LogP contribution < -0.4 is 0 Å². The average molecular weight is 264 g/mol. The maximum absolute atomic E-state index is 2.51. The minimum atomic E-state index is 0.417. The molecule has 0 amide bonds. The largest absolute Gasteiger partial charge is 0.0764 e. The summed E-state index contributed by atoms with van der Waals surface area (Å²) < 4.78 is 0. The molecule has 0 spiro atoms. The van der Waals surface area contributed by atoms with Crippen LogP contribution in [0.15, 0.2) is 54.1 Å². The van der Waals surface area contributed by atoms with Crippen molar-refractivity contribution in [3.8, 4) is 0 Å². The van der Waals surface area contributed by atoms with Crippen molar-refractivity contribution in [2.24, 2.45) is 22.7 Å². The molecule has 0 heteroatoms. The molecule has 3 aliphatic rings. The van der Waals surface area contributed by atoms with Crippen molar-refractivity contribution in [3.05, 3.63) is 59.7 Å². The third kappa shape index (κ3) is 1.33. The van der Waals surface area contributed by atoms with Gasteiger partial charge in [0.25, 0.3) is 0 Å². The van der Waals surface area contributed by atoms with Crippen LogP contribution in [0.25, 0.3) is 0 Å². The first-order chi connectivity index (χ1) is 9.56. The van der Waals surface area contributed by atoms with E-state index < -0.39 is 0 Å². The van der Waals surface area contributed by atoms with E-state index in [4.69, 9.17) is 0 Å². The van der Waals surface area contributed by atoms with E-state index in [1.807, 2.05) is 0 Å². The molecule has 4 atom stereocenters. The van der Waals surface area contributed by atoms with Gasteiger partial charge in [0.15, 0.2) is 0 Å². The molecule has 2 saturated carbocycles. The molecule has 0 aromatic heterocycles. The van der Waals surface area contributed by atoms with E-state index in [0.717, 1.165) is 11.8 Å². The summed E-state index contributed by atoms with van der Waals surface area (Å²) in [6.07, 6.45) is 9.96. The average Bonchev–Trinajstić information content (AvgIpc) is 2.80. The normalized spacial score (nSPS) is 40.5. The van der Waals surface area contributed by atoms with Crippen LogP contribution in [0.1, 0.15) is 45.1 Å². The van der Waals surface area contributed by atoms with E-state index in [2.05, 4.69) is 69.3 Å². The van der Waals surface area contributed by atoms with Gasteiger partial charge in [-0.1, -0.05) is 74.9 Å². The molecule has 0 N–H and O–H groups in total. The fourth-order valence-corrected chi connectivity index (χ4v) is 5.40. The zero-order valence-electron chi connectivity index (χ0n) is 12.8. The highest BCUT2D eigenvalue weighted by atomic mass is 14.7. The van der Waals surface area contributed by atoms with Crippen LogP contribution in [0.4, 0.5) is 0 Å². The van der Waals surface area contributed by atoms with Crippen LogP contribution in [-0.2, 0) is 0 Å². The predicted octanol–water partition coefficient (Wildman–Crippen LogP) is 5.34. The van der Waals surface area contributed by atoms with Crippen LogP contribution >= 0.6 is 0 Å². The lowest BCUT2D eigenvalue weighted by molar-refractivity contribution is 0.169. The molecule has 2 bridgehead atoms. The first-order valence-corrected chi connectivity index (χ1v) is 7.99. The SMILES string of the molecule is CC1(C)C2CC[C@]1(C)C1=CC=C[C@H](c3ccccc3)C12. The highest BCUT2D eigenvalue weighted by molar-refractivity contribution is 5.44. The monoisotopic (exact) mass is 264 g/mol. The Bertz CT molecular complexity index is 590. The van der Waals surface area contributed by atoms with E-state index in [0.29, 0.717) is 16.7 Å². The standard InChI is InChI=1S/C20H24/c1-19(2)16-12-13-20(19,3)17-11-7-10-15(18(16)17)14-8-5-4-6-9-14/h4-11,15-16,18H,12-13H2,1-3H3/t15-,16?,18?,20-/m1/s1. The summed E-state index contributed by atoms with van der Waals surface area (Å²) in [6.45, 7) is 7.53. The van der Waals surface area contributed by atoms with Gasteiger partial charge >= 0.3 is 0 Å². The van der Waals surface area contributed by atoms with Crippen LogP contribution in [0.5, 0.6) is 0 Å². The first-order valence-electron chi connectivity index (χ1n) is 7.99. The summed E-state index contributed by atoms with van der Waals surface area (Å²) in [5.41, 5.74) is 4.09. The molecular formula is C20H24. The highest BCUT2D eigenvalue weighted by Gasteiger charge is 2.64. The summed E-state index contributed by atoms with van der Waals surface area (Å²) in [4.78, 5) is 0. The summed E-state index contributed by atoms with van der Waals surface area (Å²) >= 11 is 0. The molecule has 0 nitrogen and oxygen atoms in total. The van der Waals surface area contributed by atoms with Gasteiger partial charge in [0.1, 0.15) is 0 Å². The van der Waals surface area contributed by atoms with Gasteiger partial charge in [-0.25, -0.2) is 0 Å². The van der Waals surface area contributed by atoms with Crippen molar-refractivity contribution in [1.82, 2.24) is 0 Å². The van der Waals surface area contributed by atoms with Gasteiger partial charge in [-0.2, -0.15) is 0 Å². The van der Waals surface area contributed by atoms with E-state index in [-0.39, 0.29) is 0 Å². The number of allylic oxidation sites excluding steroid dienone is 4. The molecule has 0 heterocycles. The van der Waals surface area contributed by atoms with E-state index >= 15 is 0 Å². The zero-order chi connectivity index (χ0) is 14.0. The Kier molecular flexibility index (Phi) is 2.41. The van der Waals surface area contributed by atoms with Gasteiger partial charge in [-0.3, -0.25) is 0 Å². The molecule has 1 aromatic carbocycles. The van der Waals surface area contributed by atoms with Crippen LogP contribution in [0.2, 0.25) is 0 Å². The molecule has 0 saturated heterocycles. The smallest absolute Gasteiger partial charge is 0.00897 e. The fourth-order valence-electron chi connectivity index (χ4n) is 5.40. The second kappa shape index (κ2) is 3.87. The zero-order valence-corrected chi connectivity index (χ0v) is 12.8. The number of rotatable bonds is 1. The van der Waals surface area contributed by atoms with Crippen molar-refractivity contribution >= 4 is 0 Å². The molecule has 20 heavy (non-hydrogen) atoms. The van der Waals surface area contributed by atoms with Gasteiger partial charge < -0.3 is 0 Å². The molecule has 4 rings (SSSR count). The number of benzene rings is 1. The quantitative estimate of drug-likeness (QED) is 0.642. The molecule has 2 fully saturated rings. The lowest BCUT2D eigenvalue weighted by Crippen LogP contribution is -2.28. The van der Waals surface area contributed by atoms with Gasteiger partial charge in [-0.15, -0.1) is 0 Å². The molecule has 104 valence electrons. The summed E-state index contributed by atoms with van der Waals surface area (Å²) in [7, 11) is 0. The molecule has 3 aliphatic carbocycles. The summed E-state index contributed by atoms with van der Waals surface area (Å²) in [5.74, 6) is 2.16. The highest BCUT2D eigenvalue weighted by Crippen LogP contribution is 2.72. The third-order valence-electron chi connectivity index (χ3n) is 6.90. The Morgan fingerprint density at radius 1 is 1.05 bits per heavy atom. The maximum Gasteiger partial charge on any atom is 0.00897 e. The second-order valence-electron chi connectivity index (χ2n) is 7.67. The lowest BCUT2D eigenvalue weighted by atomic mass is 9.67. The van der Waals surface area contributed by atoms with Crippen LogP contribution in [-0.4, -0.2) is 0 Å². The maximum atomic E-state index is 2.51. The van der Waals surface area contributed by atoms with Crippen molar-refractivity contribution in [1.29, 1.82) is 0 Å². The van der Waals surface area contributed by atoms with Crippen LogP contribution in [0, 0.1) is 22.7 Å². The molecular weight excluding hydrogens is 240 g/mol.